The maximum Gasteiger partial charge on any atom is 0.337 e. The first kappa shape index (κ1) is 13.1. The van der Waals surface area contributed by atoms with Gasteiger partial charge in [0.05, 0.1) is 18.9 Å². The minimum atomic E-state index is -0.351. The molecule has 0 spiro atoms. The lowest BCUT2D eigenvalue weighted by molar-refractivity contribution is 0.0600. The number of rotatable bonds is 5. The molecule has 2 rings (SSSR count). The van der Waals surface area contributed by atoms with Gasteiger partial charge >= 0.3 is 5.97 Å². The van der Waals surface area contributed by atoms with Gasteiger partial charge in [0.1, 0.15) is 12.4 Å². The van der Waals surface area contributed by atoms with E-state index in [1.807, 2.05) is 17.8 Å². The zero-order chi connectivity index (χ0) is 13.7. The topological polar surface area (TPSA) is 53.4 Å². The monoisotopic (exact) mass is 260 g/mol. The van der Waals surface area contributed by atoms with Gasteiger partial charge in [-0.05, 0) is 31.2 Å². The highest BCUT2D eigenvalue weighted by Crippen LogP contribution is 2.14. The van der Waals surface area contributed by atoms with E-state index in [4.69, 9.17) is 4.74 Å². The van der Waals surface area contributed by atoms with Gasteiger partial charge in [0.15, 0.2) is 0 Å². The molecule has 0 unspecified atom stereocenters. The van der Waals surface area contributed by atoms with Gasteiger partial charge in [-0.2, -0.15) is 5.10 Å². The van der Waals surface area contributed by atoms with Crippen LogP contribution in [0.1, 0.15) is 22.8 Å². The predicted octanol–water partition coefficient (Wildman–Crippen LogP) is 2.27. The van der Waals surface area contributed by atoms with E-state index in [-0.39, 0.29) is 5.97 Å². The maximum absolute atomic E-state index is 11.3. The molecule has 5 nitrogen and oxygen atoms in total. The molecule has 1 heterocycles. The molecular formula is C14H16N2O3. The third kappa shape index (κ3) is 3.34. The Morgan fingerprint density at radius 3 is 2.63 bits per heavy atom. The van der Waals surface area contributed by atoms with E-state index in [1.165, 1.54) is 7.11 Å². The lowest BCUT2D eigenvalue weighted by Crippen LogP contribution is -2.01. The van der Waals surface area contributed by atoms with Crippen LogP contribution in [0.25, 0.3) is 0 Å². The van der Waals surface area contributed by atoms with Crippen molar-refractivity contribution in [2.24, 2.45) is 0 Å². The number of aromatic nitrogens is 2. The summed E-state index contributed by atoms with van der Waals surface area (Å²) in [5.41, 5.74) is 1.52. The zero-order valence-electron chi connectivity index (χ0n) is 11.0. The SMILES string of the molecule is CCn1cc(COc2ccc(C(=O)OC)cc2)cn1. The van der Waals surface area contributed by atoms with E-state index >= 15 is 0 Å². The van der Waals surface area contributed by atoms with E-state index in [1.54, 1.807) is 30.5 Å². The molecule has 0 aliphatic heterocycles. The van der Waals surface area contributed by atoms with Crippen molar-refractivity contribution in [2.45, 2.75) is 20.1 Å². The number of methoxy groups -OCH3 is 1. The summed E-state index contributed by atoms with van der Waals surface area (Å²) in [4.78, 5) is 11.3. The van der Waals surface area contributed by atoms with Crippen molar-refractivity contribution < 1.29 is 14.3 Å². The highest BCUT2D eigenvalue weighted by Gasteiger charge is 2.05. The van der Waals surface area contributed by atoms with Gasteiger partial charge in [-0.15, -0.1) is 0 Å². The fraction of sp³-hybridized carbons (Fsp3) is 0.286. The molecule has 1 aromatic heterocycles. The van der Waals surface area contributed by atoms with Crippen LogP contribution in [0.5, 0.6) is 5.75 Å². The van der Waals surface area contributed by atoms with Gasteiger partial charge in [-0.25, -0.2) is 4.79 Å². The zero-order valence-corrected chi connectivity index (χ0v) is 11.0. The number of carbonyl (C=O) groups is 1. The number of esters is 1. The van der Waals surface area contributed by atoms with E-state index in [9.17, 15) is 4.79 Å². The molecule has 0 fully saturated rings. The molecule has 19 heavy (non-hydrogen) atoms. The van der Waals surface area contributed by atoms with Gasteiger partial charge in [0, 0.05) is 18.3 Å². The number of hydrogen-bond acceptors (Lipinski definition) is 4. The highest BCUT2D eigenvalue weighted by atomic mass is 16.5. The van der Waals surface area contributed by atoms with Crippen LogP contribution in [0.2, 0.25) is 0 Å². The van der Waals surface area contributed by atoms with Crippen LogP contribution in [0.4, 0.5) is 0 Å². The first-order valence-corrected chi connectivity index (χ1v) is 6.05. The van der Waals surface area contributed by atoms with E-state index < -0.39 is 0 Å². The number of benzene rings is 1. The van der Waals surface area contributed by atoms with Crippen LogP contribution in [0, 0.1) is 0 Å². The summed E-state index contributed by atoms with van der Waals surface area (Å²) in [6, 6.07) is 6.85. The second-order valence-electron chi connectivity index (χ2n) is 4.01. The second kappa shape index (κ2) is 6.04. The Labute approximate surface area is 111 Å². The summed E-state index contributed by atoms with van der Waals surface area (Å²) < 4.78 is 12.1. The smallest absolute Gasteiger partial charge is 0.337 e. The molecule has 0 N–H and O–H groups in total. The minimum absolute atomic E-state index is 0.351. The molecule has 0 amide bonds. The lowest BCUT2D eigenvalue weighted by Gasteiger charge is -2.05. The van der Waals surface area contributed by atoms with Crippen LogP contribution < -0.4 is 4.74 Å². The fourth-order valence-electron chi connectivity index (χ4n) is 1.63. The molecular weight excluding hydrogens is 244 g/mol. The Hall–Kier alpha value is -2.30. The van der Waals surface area contributed by atoms with Crippen LogP contribution in [-0.2, 0) is 17.9 Å². The fourth-order valence-corrected chi connectivity index (χ4v) is 1.63. The normalized spacial score (nSPS) is 10.2. The van der Waals surface area contributed by atoms with Crippen LogP contribution in [-0.4, -0.2) is 22.9 Å². The molecule has 100 valence electrons. The van der Waals surface area contributed by atoms with Crippen molar-refractivity contribution in [3.8, 4) is 5.75 Å². The van der Waals surface area contributed by atoms with E-state index in [0.29, 0.717) is 17.9 Å². The predicted molar refractivity (Wildman–Crippen MR) is 70.0 cm³/mol. The molecule has 0 radical (unpaired) electrons. The first-order chi connectivity index (χ1) is 9.22. The molecule has 0 bridgehead atoms. The minimum Gasteiger partial charge on any atom is -0.489 e. The maximum atomic E-state index is 11.3. The standard InChI is InChI=1S/C14H16N2O3/c1-3-16-9-11(8-15-16)10-19-13-6-4-12(5-7-13)14(17)18-2/h4-9H,3,10H2,1-2H3. The Balaban J connectivity index is 1.94. The third-order valence-electron chi connectivity index (χ3n) is 2.69. The molecule has 0 saturated carbocycles. The van der Waals surface area contributed by atoms with Crippen LogP contribution >= 0.6 is 0 Å². The average Bonchev–Trinajstić information content (AvgIpc) is 2.93. The highest BCUT2D eigenvalue weighted by molar-refractivity contribution is 5.89. The quantitative estimate of drug-likeness (QED) is 0.774. The van der Waals surface area contributed by atoms with Gasteiger partial charge < -0.3 is 9.47 Å². The van der Waals surface area contributed by atoms with E-state index in [0.717, 1.165) is 12.1 Å². The summed E-state index contributed by atoms with van der Waals surface area (Å²) in [5.74, 6) is 0.354. The van der Waals surface area contributed by atoms with Crippen molar-refractivity contribution in [1.29, 1.82) is 0 Å². The number of carbonyl (C=O) groups excluding carboxylic acids is 1. The van der Waals surface area contributed by atoms with Gasteiger partial charge in [-0.3, -0.25) is 4.68 Å². The van der Waals surface area contributed by atoms with Gasteiger partial charge in [0.25, 0.3) is 0 Å². The summed E-state index contributed by atoms with van der Waals surface area (Å²) in [5, 5.41) is 4.17. The van der Waals surface area contributed by atoms with E-state index in [2.05, 4.69) is 9.84 Å². The number of hydrogen-bond donors (Lipinski definition) is 0. The molecule has 5 heteroatoms. The number of nitrogens with zero attached hydrogens (tertiary/aromatic N) is 2. The van der Waals surface area contributed by atoms with Crippen molar-refractivity contribution in [2.75, 3.05) is 7.11 Å². The van der Waals surface area contributed by atoms with Crippen molar-refractivity contribution >= 4 is 5.97 Å². The van der Waals surface area contributed by atoms with Crippen LogP contribution in [0.3, 0.4) is 0 Å². The summed E-state index contributed by atoms with van der Waals surface area (Å²) in [6.07, 6.45) is 3.73. The summed E-state index contributed by atoms with van der Waals surface area (Å²) >= 11 is 0. The molecule has 0 saturated heterocycles. The molecule has 1 aromatic carbocycles. The van der Waals surface area contributed by atoms with Crippen molar-refractivity contribution in [3.63, 3.8) is 0 Å². The van der Waals surface area contributed by atoms with Crippen molar-refractivity contribution in [1.82, 2.24) is 9.78 Å². The molecule has 2 aromatic rings. The van der Waals surface area contributed by atoms with Crippen LogP contribution in [0.15, 0.2) is 36.7 Å². The van der Waals surface area contributed by atoms with Crippen molar-refractivity contribution in [3.05, 3.63) is 47.8 Å². The Morgan fingerprint density at radius 1 is 1.32 bits per heavy atom. The van der Waals surface area contributed by atoms with Gasteiger partial charge in [-0.1, -0.05) is 0 Å². The summed E-state index contributed by atoms with van der Waals surface area (Å²) in [6.45, 7) is 3.33. The third-order valence-corrected chi connectivity index (χ3v) is 2.69. The largest absolute Gasteiger partial charge is 0.489 e. The second-order valence-corrected chi connectivity index (χ2v) is 4.01. The molecule has 0 atom stereocenters. The lowest BCUT2D eigenvalue weighted by atomic mass is 10.2. The number of ether oxygens (including phenoxy) is 2. The Kier molecular flexibility index (Phi) is 4.18. The molecule has 0 aliphatic carbocycles. The van der Waals surface area contributed by atoms with Gasteiger partial charge in [0.2, 0.25) is 0 Å². The summed E-state index contributed by atoms with van der Waals surface area (Å²) in [7, 11) is 1.36. The molecule has 0 aliphatic rings. The number of aryl methyl sites for hydroxylation is 1. The Morgan fingerprint density at radius 2 is 2.05 bits per heavy atom. The first-order valence-electron chi connectivity index (χ1n) is 6.05. The average molecular weight is 260 g/mol. The Bertz CT molecular complexity index is 546.